The summed E-state index contributed by atoms with van der Waals surface area (Å²) in [6.07, 6.45) is 8.84. The van der Waals surface area contributed by atoms with Crippen molar-refractivity contribution in [3.8, 4) is 11.3 Å². The molecular formula is C26H31N5. The first kappa shape index (κ1) is 19.1. The average molecular weight is 414 g/mol. The molecule has 5 heteroatoms. The summed E-state index contributed by atoms with van der Waals surface area (Å²) in [5.74, 6) is 1.73. The van der Waals surface area contributed by atoms with Crippen LogP contribution in [0.4, 0.5) is 0 Å². The Bertz CT molecular complexity index is 1270. The van der Waals surface area contributed by atoms with E-state index in [4.69, 9.17) is 0 Å². The number of piperidine rings is 1. The predicted octanol–water partition coefficient (Wildman–Crippen LogP) is 5.65. The lowest BCUT2D eigenvalue weighted by Crippen LogP contribution is -2.26. The van der Waals surface area contributed by atoms with Gasteiger partial charge in [0, 0.05) is 28.2 Å². The smallest absolute Gasteiger partial charge is 0.159 e. The van der Waals surface area contributed by atoms with Crippen LogP contribution in [0.15, 0.2) is 30.7 Å². The largest absolute Gasteiger partial charge is 0.354 e. The van der Waals surface area contributed by atoms with Crippen LogP contribution in [-0.2, 0) is 0 Å². The molecule has 1 aliphatic carbocycles. The Kier molecular flexibility index (Phi) is 4.42. The van der Waals surface area contributed by atoms with Gasteiger partial charge in [-0.3, -0.25) is 0 Å². The molecule has 2 fully saturated rings. The second-order valence-electron chi connectivity index (χ2n) is 9.78. The molecule has 0 radical (unpaired) electrons. The van der Waals surface area contributed by atoms with Crippen molar-refractivity contribution in [3.63, 3.8) is 0 Å². The topological polar surface area (TPSA) is 58.0 Å². The summed E-state index contributed by atoms with van der Waals surface area (Å²) in [7, 11) is 0. The van der Waals surface area contributed by atoms with E-state index in [1.54, 1.807) is 6.33 Å². The molecule has 6 rings (SSSR count). The lowest BCUT2D eigenvalue weighted by atomic mass is 9.88. The molecule has 160 valence electrons. The van der Waals surface area contributed by atoms with E-state index in [1.807, 2.05) is 4.52 Å². The lowest BCUT2D eigenvalue weighted by Gasteiger charge is -2.23. The lowest BCUT2D eigenvalue weighted by molar-refractivity contribution is 0.460. The van der Waals surface area contributed by atoms with Crippen LogP contribution in [0.2, 0.25) is 0 Å². The summed E-state index contributed by atoms with van der Waals surface area (Å²) in [5, 5.41) is 9.38. The van der Waals surface area contributed by atoms with E-state index in [9.17, 15) is 0 Å². The molecule has 0 spiro atoms. The summed E-state index contributed by atoms with van der Waals surface area (Å²) < 4.78 is 1.98. The molecule has 4 heterocycles. The molecule has 2 N–H and O–H groups in total. The van der Waals surface area contributed by atoms with Gasteiger partial charge in [-0.1, -0.05) is 19.9 Å². The fraction of sp³-hybridized carbons (Fsp3) is 0.462. The second kappa shape index (κ2) is 7.20. The number of aromatic nitrogens is 4. The van der Waals surface area contributed by atoms with Gasteiger partial charge in [-0.2, -0.15) is 5.10 Å². The molecule has 0 atom stereocenters. The summed E-state index contributed by atoms with van der Waals surface area (Å²) in [6, 6.07) is 7.10. The van der Waals surface area contributed by atoms with Gasteiger partial charge in [0.25, 0.3) is 0 Å². The summed E-state index contributed by atoms with van der Waals surface area (Å²) >= 11 is 0. The maximum Gasteiger partial charge on any atom is 0.159 e. The van der Waals surface area contributed by atoms with Gasteiger partial charge in [-0.05, 0) is 92.3 Å². The van der Waals surface area contributed by atoms with Crippen molar-refractivity contribution in [2.45, 2.75) is 64.2 Å². The molecule has 1 aromatic carbocycles. The molecule has 0 amide bonds. The molecule has 1 aliphatic heterocycles. The molecule has 0 bridgehead atoms. The van der Waals surface area contributed by atoms with Gasteiger partial charge in [0.1, 0.15) is 6.33 Å². The van der Waals surface area contributed by atoms with E-state index < -0.39 is 0 Å². The van der Waals surface area contributed by atoms with Crippen molar-refractivity contribution < 1.29 is 0 Å². The van der Waals surface area contributed by atoms with Crippen LogP contribution >= 0.6 is 0 Å². The van der Waals surface area contributed by atoms with E-state index in [0.29, 0.717) is 17.8 Å². The summed E-state index contributed by atoms with van der Waals surface area (Å²) in [4.78, 5) is 8.38. The third kappa shape index (κ3) is 3.09. The highest BCUT2D eigenvalue weighted by molar-refractivity contribution is 5.93. The third-order valence-electron chi connectivity index (χ3n) is 7.38. The molecule has 1 saturated carbocycles. The summed E-state index contributed by atoms with van der Waals surface area (Å²) in [5.41, 5.74) is 10.4. The van der Waals surface area contributed by atoms with Crippen molar-refractivity contribution in [3.05, 3.63) is 53.0 Å². The van der Waals surface area contributed by atoms with Crippen molar-refractivity contribution in [1.29, 1.82) is 0 Å². The molecule has 5 nitrogen and oxygen atoms in total. The zero-order valence-electron chi connectivity index (χ0n) is 18.7. The predicted molar refractivity (Wildman–Crippen MR) is 126 cm³/mol. The van der Waals surface area contributed by atoms with Gasteiger partial charge in [0.2, 0.25) is 0 Å². The normalized spacial score (nSPS) is 17.9. The number of benzene rings is 1. The Morgan fingerprint density at radius 1 is 1.06 bits per heavy atom. The number of nitrogens with one attached hydrogen (secondary N) is 2. The van der Waals surface area contributed by atoms with Crippen LogP contribution in [0, 0.1) is 6.92 Å². The van der Waals surface area contributed by atoms with Crippen molar-refractivity contribution >= 4 is 16.6 Å². The van der Waals surface area contributed by atoms with Gasteiger partial charge in [-0.15, -0.1) is 0 Å². The number of hydrogen-bond donors (Lipinski definition) is 2. The van der Waals surface area contributed by atoms with Crippen LogP contribution in [0.1, 0.15) is 79.5 Å². The number of H-pyrrole nitrogens is 1. The highest BCUT2D eigenvalue weighted by Gasteiger charge is 2.31. The number of nitrogens with zero attached hydrogens (tertiary/aromatic N) is 3. The highest BCUT2D eigenvalue weighted by atomic mass is 15.3. The van der Waals surface area contributed by atoms with E-state index >= 15 is 0 Å². The minimum absolute atomic E-state index is 0.433. The number of rotatable bonds is 4. The maximum atomic E-state index is 4.58. The average Bonchev–Trinajstić information content (AvgIpc) is 3.37. The first-order chi connectivity index (χ1) is 15.1. The van der Waals surface area contributed by atoms with Crippen LogP contribution in [0.5, 0.6) is 0 Å². The molecule has 3 aromatic heterocycles. The van der Waals surface area contributed by atoms with E-state index in [2.05, 4.69) is 65.6 Å². The van der Waals surface area contributed by atoms with Gasteiger partial charge < -0.3 is 10.3 Å². The SMILES string of the molecule is Cc1c(-c2[nH]c3ccc(C4CCNCC4)cc3c2C(C)C)cn2ncnc2c1C1CC1. The van der Waals surface area contributed by atoms with Crippen LogP contribution < -0.4 is 5.32 Å². The Labute approximate surface area is 183 Å². The minimum atomic E-state index is 0.433. The third-order valence-corrected chi connectivity index (χ3v) is 7.38. The van der Waals surface area contributed by atoms with Crippen LogP contribution in [-0.4, -0.2) is 32.7 Å². The fourth-order valence-electron chi connectivity index (χ4n) is 5.63. The van der Waals surface area contributed by atoms with Crippen molar-refractivity contribution in [2.24, 2.45) is 0 Å². The van der Waals surface area contributed by atoms with Gasteiger partial charge in [0.15, 0.2) is 5.65 Å². The first-order valence-corrected chi connectivity index (χ1v) is 11.8. The standard InChI is InChI=1S/C26H31N5/c1-15(2)23-20-12-19(17-8-10-27-11-9-17)6-7-22(20)30-25(23)21-13-31-26(28-14-29-31)24(16(21)3)18-4-5-18/h6-7,12-15,17-18,27,30H,4-5,8-11H2,1-3H3. The number of fused-ring (bicyclic) bond motifs is 2. The molecular weight excluding hydrogens is 382 g/mol. The monoisotopic (exact) mass is 413 g/mol. The highest BCUT2D eigenvalue weighted by Crippen LogP contribution is 2.46. The van der Waals surface area contributed by atoms with E-state index in [1.165, 1.54) is 70.1 Å². The van der Waals surface area contributed by atoms with Crippen molar-refractivity contribution in [2.75, 3.05) is 13.1 Å². The molecule has 0 unspecified atom stereocenters. The van der Waals surface area contributed by atoms with Gasteiger partial charge >= 0.3 is 0 Å². The van der Waals surface area contributed by atoms with Crippen LogP contribution in [0.3, 0.4) is 0 Å². The zero-order valence-corrected chi connectivity index (χ0v) is 18.7. The summed E-state index contributed by atoms with van der Waals surface area (Å²) in [6.45, 7) is 9.15. The Balaban J connectivity index is 1.56. The molecule has 2 aliphatic rings. The van der Waals surface area contributed by atoms with Crippen molar-refractivity contribution in [1.82, 2.24) is 24.9 Å². The fourth-order valence-corrected chi connectivity index (χ4v) is 5.63. The maximum absolute atomic E-state index is 4.58. The van der Waals surface area contributed by atoms with Crippen LogP contribution in [0.25, 0.3) is 27.8 Å². The second-order valence-corrected chi connectivity index (χ2v) is 9.78. The number of pyridine rings is 1. The zero-order chi connectivity index (χ0) is 21.1. The quantitative estimate of drug-likeness (QED) is 0.454. The number of aromatic amines is 1. The van der Waals surface area contributed by atoms with Gasteiger partial charge in [-0.25, -0.2) is 9.50 Å². The molecule has 4 aromatic rings. The first-order valence-electron chi connectivity index (χ1n) is 11.8. The minimum Gasteiger partial charge on any atom is -0.354 e. The van der Waals surface area contributed by atoms with E-state index in [0.717, 1.165) is 18.7 Å². The Hall–Kier alpha value is -2.66. The van der Waals surface area contributed by atoms with E-state index in [-0.39, 0.29) is 0 Å². The Morgan fingerprint density at radius 2 is 1.87 bits per heavy atom. The molecule has 1 saturated heterocycles. The molecule has 31 heavy (non-hydrogen) atoms. The van der Waals surface area contributed by atoms with Gasteiger partial charge in [0.05, 0.1) is 5.69 Å². The Morgan fingerprint density at radius 3 is 2.61 bits per heavy atom. The number of hydrogen-bond acceptors (Lipinski definition) is 3.